The largest absolute Gasteiger partial charge is 0.481 e. The highest BCUT2D eigenvalue weighted by atomic mass is 16.5. The van der Waals surface area contributed by atoms with Crippen molar-refractivity contribution in [1.29, 1.82) is 0 Å². The first-order valence-electron chi connectivity index (χ1n) is 9.07. The first-order chi connectivity index (χ1) is 12.1. The SMILES string of the molecule is O=C(NC[C@H]1CCO[C@@H]1c1ccccc1)NC1CCC(C(=O)O)CC1. The van der Waals surface area contributed by atoms with Crippen molar-refractivity contribution >= 4 is 12.0 Å². The fourth-order valence-corrected chi connectivity index (χ4v) is 3.80. The molecule has 1 saturated carbocycles. The first-order valence-corrected chi connectivity index (χ1v) is 9.07. The van der Waals surface area contributed by atoms with Gasteiger partial charge in [-0.3, -0.25) is 4.79 Å². The molecule has 136 valence electrons. The number of rotatable bonds is 5. The van der Waals surface area contributed by atoms with Crippen LogP contribution in [0.25, 0.3) is 0 Å². The number of amides is 2. The number of urea groups is 1. The lowest BCUT2D eigenvalue weighted by molar-refractivity contribution is -0.142. The number of benzene rings is 1. The van der Waals surface area contributed by atoms with Gasteiger partial charge in [0.25, 0.3) is 0 Å². The van der Waals surface area contributed by atoms with E-state index in [1.807, 2.05) is 18.2 Å². The maximum atomic E-state index is 12.1. The first kappa shape index (κ1) is 17.7. The predicted octanol–water partition coefficient (Wildman–Crippen LogP) is 2.71. The summed E-state index contributed by atoms with van der Waals surface area (Å²) in [4.78, 5) is 23.1. The van der Waals surface area contributed by atoms with Crippen molar-refractivity contribution in [2.45, 2.75) is 44.2 Å². The third-order valence-corrected chi connectivity index (χ3v) is 5.28. The average molecular weight is 346 g/mol. The Labute approximate surface area is 147 Å². The van der Waals surface area contributed by atoms with Gasteiger partial charge in [-0.15, -0.1) is 0 Å². The monoisotopic (exact) mass is 346 g/mol. The molecule has 25 heavy (non-hydrogen) atoms. The van der Waals surface area contributed by atoms with Gasteiger partial charge >= 0.3 is 12.0 Å². The average Bonchev–Trinajstić information content (AvgIpc) is 3.10. The number of ether oxygens (including phenoxy) is 1. The second-order valence-corrected chi connectivity index (χ2v) is 6.99. The standard InChI is InChI=1S/C19H26N2O4/c22-18(23)14-6-8-16(9-7-14)21-19(24)20-12-15-10-11-25-17(15)13-4-2-1-3-5-13/h1-5,14-17H,6-12H2,(H,22,23)(H2,20,21,24)/t14?,15-,16?,17-/m1/s1. The molecular weight excluding hydrogens is 320 g/mol. The van der Waals surface area contributed by atoms with Gasteiger partial charge in [0.2, 0.25) is 0 Å². The van der Waals surface area contributed by atoms with Crippen LogP contribution in [0.4, 0.5) is 4.79 Å². The summed E-state index contributed by atoms with van der Waals surface area (Å²) in [6.07, 6.45) is 3.68. The lowest BCUT2D eigenvalue weighted by Crippen LogP contribution is -2.45. The van der Waals surface area contributed by atoms with E-state index in [-0.39, 0.29) is 30.0 Å². The Bertz CT molecular complexity index is 584. The summed E-state index contributed by atoms with van der Waals surface area (Å²) in [6.45, 7) is 1.29. The van der Waals surface area contributed by atoms with E-state index in [9.17, 15) is 9.59 Å². The highest BCUT2D eigenvalue weighted by Crippen LogP contribution is 2.33. The molecule has 1 heterocycles. The summed E-state index contributed by atoms with van der Waals surface area (Å²) in [5.41, 5.74) is 1.15. The Morgan fingerprint density at radius 3 is 2.48 bits per heavy atom. The summed E-state index contributed by atoms with van der Waals surface area (Å²) in [7, 11) is 0. The number of carbonyl (C=O) groups excluding carboxylic acids is 1. The van der Waals surface area contributed by atoms with Crippen molar-refractivity contribution < 1.29 is 19.4 Å². The van der Waals surface area contributed by atoms with E-state index >= 15 is 0 Å². The van der Waals surface area contributed by atoms with Crippen LogP contribution in [0.15, 0.2) is 30.3 Å². The number of carbonyl (C=O) groups is 2. The van der Waals surface area contributed by atoms with Gasteiger partial charge < -0.3 is 20.5 Å². The molecule has 0 bridgehead atoms. The van der Waals surface area contributed by atoms with Gasteiger partial charge in [-0.1, -0.05) is 30.3 Å². The summed E-state index contributed by atoms with van der Waals surface area (Å²) < 4.78 is 5.84. The van der Waals surface area contributed by atoms with E-state index in [4.69, 9.17) is 9.84 Å². The Hall–Kier alpha value is -2.08. The lowest BCUT2D eigenvalue weighted by atomic mass is 9.86. The molecule has 0 spiro atoms. The molecule has 6 nitrogen and oxygen atoms in total. The molecule has 6 heteroatoms. The summed E-state index contributed by atoms with van der Waals surface area (Å²) >= 11 is 0. The van der Waals surface area contributed by atoms with Gasteiger partial charge in [0.1, 0.15) is 0 Å². The van der Waals surface area contributed by atoms with Gasteiger partial charge in [-0.2, -0.15) is 0 Å². The maximum absolute atomic E-state index is 12.1. The van der Waals surface area contributed by atoms with Crippen molar-refractivity contribution in [2.75, 3.05) is 13.2 Å². The van der Waals surface area contributed by atoms with Crippen LogP contribution >= 0.6 is 0 Å². The molecule has 0 radical (unpaired) electrons. The molecule has 2 fully saturated rings. The zero-order valence-corrected chi connectivity index (χ0v) is 14.3. The smallest absolute Gasteiger partial charge is 0.315 e. The van der Waals surface area contributed by atoms with Crippen molar-refractivity contribution in [3.05, 3.63) is 35.9 Å². The Morgan fingerprint density at radius 2 is 1.80 bits per heavy atom. The van der Waals surface area contributed by atoms with E-state index in [2.05, 4.69) is 22.8 Å². The molecule has 0 unspecified atom stereocenters. The highest BCUT2D eigenvalue weighted by Gasteiger charge is 2.30. The predicted molar refractivity (Wildman–Crippen MR) is 93.2 cm³/mol. The zero-order chi connectivity index (χ0) is 17.6. The fourth-order valence-electron chi connectivity index (χ4n) is 3.80. The summed E-state index contributed by atoms with van der Waals surface area (Å²) in [5, 5.41) is 15.0. The van der Waals surface area contributed by atoms with Crippen LogP contribution in [0.2, 0.25) is 0 Å². The Kier molecular flexibility index (Phi) is 5.91. The van der Waals surface area contributed by atoms with E-state index in [1.54, 1.807) is 0 Å². The molecule has 2 aliphatic rings. The molecule has 3 N–H and O–H groups in total. The number of carboxylic acid groups (broad SMARTS) is 1. The van der Waals surface area contributed by atoms with E-state index in [0.29, 0.717) is 26.0 Å². The van der Waals surface area contributed by atoms with E-state index in [1.165, 1.54) is 0 Å². The van der Waals surface area contributed by atoms with Gasteiger partial charge in [-0.05, 0) is 37.7 Å². The minimum absolute atomic E-state index is 0.0347. The molecule has 3 rings (SSSR count). The topological polar surface area (TPSA) is 87.7 Å². The molecule has 2 atom stereocenters. The van der Waals surface area contributed by atoms with E-state index < -0.39 is 5.97 Å². The second kappa shape index (κ2) is 8.34. The van der Waals surface area contributed by atoms with Crippen molar-refractivity contribution in [3.8, 4) is 0 Å². The Balaban J connectivity index is 1.42. The number of hydrogen-bond acceptors (Lipinski definition) is 3. The minimum atomic E-state index is -0.726. The van der Waals surface area contributed by atoms with Crippen molar-refractivity contribution in [2.24, 2.45) is 11.8 Å². The number of carboxylic acids is 1. The fraction of sp³-hybridized carbons (Fsp3) is 0.579. The van der Waals surface area contributed by atoms with Crippen LogP contribution in [0.3, 0.4) is 0 Å². The quantitative estimate of drug-likeness (QED) is 0.765. The molecule has 1 saturated heterocycles. The summed E-state index contributed by atoms with van der Waals surface area (Å²) in [5.74, 6) is -0.713. The van der Waals surface area contributed by atoms with Crippen LogP contribution in [-0.2, 0) is 9.53 Å². The minimum Gasteiger partial charge on any atom is -0.481 e. The van der Waals surface area contributed by atoms with Crippen LogP contribution in [0.1, 0.15) is 43.8 Å². The number of nitrogens with one attached hydrogen (secondary N) is 2. The molecule has 0 aromatic heterocycles. The zero-order valence-electron chi connectivity index (χ0n) is 14.3. The summed E-state index contributed by atoms with van der Waals surface area (Å²) in [6, 6.07) is 10.0. The third kappa shape index (κ3) is 4.72. The van der Waals surface area contributed by atoms with Gasteiger partial charge in [0.15, 0.2) is 0 Å². The van der Waals surface area contributed by atoms with Crippen molar-refractivity contribution in [1.82, 2.24) is 10.6 Å². The van der Waals surface area contributed by atoms with E-state index in [0.717, 1.165) is 24.8 Å². The molecule has 1 aromatic carbocycles. The third-order valence-electron chi connectivity index (χ3n) is 5.28. The molecule has 1 aliphatic carbocycles. The normalized spacial score (nSPS) is 29.1. The van der Waals surface area contributed by atoms with Crippen LogP contribution in [-0.4, -0.2) is 36.3 Å². The van der Waals surface area contributed by atoms with Gasteiger partial charge in [-0.25, -0.2) is 4.79 Å². The molecular formula is C19H26N2O4. The molecule has 2 amide bonds. The van der Waals surface area contributed by atoms with Gasteiger partial charge in [0.05, 0.1) is 12.0 Å². The van der Waals surface area contributed by atoms with Crippen LogP contribution in [0, 0.1) is 11.8 Å². The number of hydrogen-bond donors (Lipinski definition) is 3. The number of aliphatic carboxylic acids is 1. The maximum Gasteiger partial charge on any atom is 0.315 e. The molecule has 1 aromatic rings. The van der Waals surface area contributed by atoms with Crippen LogP contribution < -0.4 is 10.6 Å². The van der Waals surface area contributed by atoms with Gasteiger partial charge in [0, 0.05) is 25.1 Å². The van der Waals surface area contributed by atoms with Crippen LogP contribution in [0.5, 0.6) is 0 Å². The lowest BCUT2D eigenvalue weighted by Gasteiger charge is -2.27. The Morgan fingerprint density at radius 1 is 1.08 bits per heavy atom. The molecule has 1 aliphatic heterocycles. The second-order valence-electron chi connectivity index (χ2n) is 6.99. The highest BCUT2D eigenvalue weighted by molar-refractivity contribution is 5.74. The van der Waals surface area contributed by atoms with Crippen molar-refractivity contribution in [3.63, 3.8) is 0 Å².